The van der Waals surface area contributed by atoms with Crippen molar-refractivity contribution in [1.29, 1.82) is 0 Å². The number of nitrogens with zero attached hydrogens (tertiary/aromatic N) is 1. The minimum absolute atomic E-state index is 0.326. The molecule has 0 spiro atoms. The Hall–Kier alpha value is -1.06. The number of hydrogen-bond acceptors (Lipinski definition) is 4. The van der Waals surface area contributed by atoms with E-state index in [2.05, 4.69) is 12.1 Å². The van der Waals surface area contributed by atoms with Crippen molar-refractivity contribution in [3.8, 4) is 0 Å². The second kappa shape index (κ2) is 4.09. The second-order valence-corrected chi connectivity index (χ2v) is 2.76. The van der Waals surface area contributed by atoms with Crippen molar-refractivity contribution >= 4 is 11.7 Å². The van der Waals surface area contributed by atoms with Crippen LogP contribution in [0, 0.1) is 0 Å². The lowest BCUT2D eigenvalue weighted by Gasteiger charge is -2.06. The zero-order valence-electron chi connectivity index (χ0n) is 7.37. The van der Waals surface area contributed by atoms with Gasteiger partial charge in [-0.2, -0.15) is 0 Å². The van der Waals surface area contributed by atoms with Gasteiger partial charge in [0, 0.05) is 6.92 Å². The molecule has 0 saturated heterocycles. The monoisotopic (exact) mass is 171 g/mol. The molecule has 0 fully saturated rings. The van der Waals surface area contributed by atoms with E-state index in [-0.39, 0.29) is 5.97 Å². The van der Waals surface area contributed by atoms with Crippen molar-refractivity contribution in [2.75, 3.05) is 0 Å². The molecule has 1 atom stereocenters. The summed E-state index contributed by atoms with van der Waals surface area (Å²) in [6.07, 6.45) is 2.09. The SMILES string of the molecule is CCCC1=NOC(OC(C)=O)C1. The van der Waals surface area contributed by atoms with Crippen LogP contribution >= 0.6 is 0 Å². The highest BCUT2D eigenvalue weighted by Crippen LogP contribution is 2.14. The zero-order chi connectivity index (χ0) is 8.97. The minimum Gasteiger partial charge on any atom is -0.423 e. The van der Waals surface area contributed by atoms with E-state index in [1.807, 2.05) is 0 Å². The van der Waals surface area contributed by atoms with Gasteiger partial charge >= 0.3 is 5.97 Å². The number of ether oxygens (including phenoxy) is 1. The molecular formula is C8H13NO3. The highest BCUT2D eigenvalue weighted by atomic mass is 16.8. The number of esters is 1. The van der Waals surface area contributed by atoms with E-state index in [0.29, 0.717) is 6.42 Å². The first-order valence-electron chi connectivity index (χ1n) is 4.11. The molecule has 0 aromatic rings. The number of rotatable bonds is 3. The predicted octanol–water partition coefficient (Wildman–Crippen LogP) is 1.45. The lowest BCUT2D eigenvalue weighted by atomic mass is 10.2. The Balaban J connectivity index is 2.26. The first kappa shape index (κ1) is 9.03. The van der Waals surface area contributed by atoms with E-state index in [1.165, 1.54) is 6.92 Å². The van der Waals surface area contributed by atoms with Crippen LogP contribution in [0.25, 0.3) is 0 Å². The molecule has 1 heterocycles. The number of carbonyl (C=O) groups is 1. The molecule has 1 aliphatic rings. The van der Waals surface area contributed by atoms with Crippen LogP contribution in [0.15, 0.2) is 5.16 Å². The summed E-state index contributed by atoms with van der Waals surface area (Å²) in [5.41, 5.74) is 0.976. The summed E-state index contributed by atoms with van der Waals surface area (Å²) >= 11 is 0. The van der Waals surface area contributed by atoms with Gasteiger partial charge in [0.05, 0.1) is 12.1 Å². The summed E-state index contributed by atoms with van der Waals surface area (Å²) in [4.78, 5) is 15.4. The van der Waals surface area contributed by atoms with Crippen molar-refractivity contribution in [2.45, 2.75) is 39.4 Å². The quantitative estimate of drug-likeness (QED) is 0.604. The van der Waals surface area contributed by atoms with Crippen LogP contribution < -0.4 is 0 Å². The molecular weight excluding hydrogens is 158 g/mol. The van der Waals surface area contributed by atoms with Crippen LogP contribution in [-0.4, -0.2) is 18.0 Å². The number of carbonyl (C=O) groups excluding carboxylic acids is 1. The number of oxime groups is 1. The second-order valence-electron chi connectivity index (χ2n) is 2.76. The zero-order valence-corrected chi connectivity index (χ0v) is 7.37. The smallest absolute Gasteiger partial charge is 0.305 e. The van der Waals surface area contributed by atoms with Gasteiger partial charge in [0.2, 0.25) is 0 Å². The Labute approximate surface area is 71.5 Å². The van der Waals surface area contributed by atoms with Gasteiger partial charge in [-0.05, 0) is 6.42 Å². The van der Waals surface area contributed by atoms with Crippen LogP contribution in [0.1, 0.15) is 33.1 Å². The molecule has 12 heavy (non-hydrogen) atoms. The molecule has 0 bridgehead atoms. The molecule has 4 nitrogen and oxygen atoms in total. The lowest BCUT2D eigenvalue weighted by Crippen LogP contribution is -2.15. The summed E-state index contributed by atoms with van der Waals surface area (Å²) in [5.74, 6) is -0.326. The third-order valence-corrected chi connectivity index (χ3v) is 1.54. The van der Waals surface area contributed by atoms with E-state index >= 15 is 0 Å². The van der Waals surface area contributed by atoms with Crippen molar-refractivity contribution in [1.82, 2.24) is 0 Å². The average molecular weight is 171 g/mol. The topological polar surface area (TPSA) is 47.9 Å². The lowest BCUT2D eigenvalue weighted by molar-refractivity contribution is -0.170. The average Bonchev–Trinajstić information content (AvgIpc) is 2.36. The Bertz CT molecular complexity index is 200. The standard InChI is InChI=1S/C8H13NO3/c1-3-4-7-5-8(12-9-7)11-6(2)10/h8H,3-5H2,1-2H3. The van der Waals surface area contributed by atoms with Crippen LogP contribution in [-0.2, 0) is 14.4 Å². The molecule has 68 valence electrons. The fourth-order valence-corrected chi connectivity index (χ4v) is 1.08. The van der Waals surface area contributed by atoms with Gasteiger partial charge in [0.15, 0.2) is 0 Å². The molecule has 0 aromatic heterocycles. The van der Waals surface area contributed by atoms with E-state index in [0.717, 1.165) is 18.6 Å². The Morgan fingerprint density at radius 2 is 2.58 bits per heavy atom. The molecule has 0 amide bonds. The summed E-state index contributed by atoms with van der Waals surface area (Å²) in [5, 5.41) is 3.80. The maximum Gasteiger partial charge on any atom is 0.305 e. The Morgan fingerprint density at radius 3 is 3.17 bits per heavy atom. The third kappa shape index (κ3) is 2.53. The van der Waals surface area contributed by atoms with E-state index in [4.69, 9.17) is 9.57 Å². The molecule has 0 aromatic carbocycles. The fourth-order valence-electron chi connectivity index (χ4n) is 1.08. The van der Waals surface area contributed by atoms with Gasteiger partial charge in [-0.3, -0.25) is 4.79 Å². The van der Waals surface area contributed by atoms with Crippen LogP contribution in [0.2, 0.25) is 0 Å². The van der Waals surface area contributed by atoms with E-state index in [1.54, 1.807) is 0 Å². The normalized spacial score (nSPS) is 21.5. The van der Waals surface area contributed by atoms with Crippen molar-refractivity contribution in [2.24, 2.45) is 5.16 Å². The Morgan fingerprint density at radius 1 is 1.83 bits per heavy atom. The molecule has 0 N–H and O–H groups in total. The van der Waals surface area contributed by atoms with E-state index < -0.39 is 6.29 Å². The Kier molecular flexibility index (Phi) is 3.08. The molecule has 0 radical (unpaired) electrons. The van der Waals surface area contributed by atoms with Gasteiger partial charge in [-0.15, -0.1) is 0 Å². The first-order valence-corrected chi connectivity index (χ1v) is 4.11. The highest BCUT2D eigenvalue weighted by molar-refractivity contribution is 5.85. The summed E-state index contributed by atoms with van der Waals surface area (Å²) in [6.45, 7) is 3.43. The van der Waals surface area contributed by atoms with Crippen LogP contribution in [0.5, 0.6) is 0 Å². The minimum atomic E-state index is -0.482. The summed E-state index contributed by atoms with van der Waals surface area (Å²) < 4.78 is 4.81. The maximum absolute atomic E-state index is 10.5. The van der Waals surface area contributed by atoms with Crippen molar-refractivity contribution in [3.05, 3.63) is 0 Å². The van der Waals surface area contributed by atoms with Gasteiger partial charge in [-0.25, -0.2) is 0 Å². The van der Waals surface area contributed by atoms with Crippen molar-refractivity contribution < 1.29 is 14.4 Å². The maximum atomic E-state index is 10.5. The molecule has 1 rings (SSSR count). The molecule has 0 saturated carbocycles. The molecule has 1 unspecified atom stereocenters. The third-order valence-electron chi connectivity index (χ3n) is 1.54. The number of hydrogen-bond donors (Lipinski definition) is 0. The summed E-state index contributed by atoms with van der Waals surface area (Å²) in [7, 11) is 0. The van der Waals surface area contributed by atoms with Gasteiger partial charge in [-0.1, -0.05) is 18.5 Å². The van der Waals surface area contributed by atoms with Crippen LogP contribution in [0.3, 0.4) is 0 Å². The largest absolute Gasteiger partial charge is 0.423 e. The highest BCUT2D eigenvalue weighted by Gasteiger charge is 2.22. The molecule has 1 aliphatic heterocycles. The molecule has 4 heteroatoms. The fraction of sp³-hybridized carbons (Fsp3) is 0.750. The van der Waals surface area contributed by atoms with Gasteiger partial charge < -0.3 is 9.57 Å². The predicted molar refractivity (Wildman–Crippen MR) is 43.6 cm³/mol. The van der Waals surface area contributed by atoms with Gasteiger partial charge in [0.1, 0.15) is 0 Å². The van der Waals surface area contributed by atoms with E-state index in [9.17, 15) is 4.79 Å². The molecule has 0 aliphatic carbocycles. The summed E-state index contributed by atoms with van der Waals surface area (Å²) in [6, 6.07) is 0. The van der Waals surface area contributed by atoms with Crippen molar-refractivity contribution in [3.63, 3.8) is 0 Å². The first-order chi connectivity index (χ1) is 5.72. The van der Waals surface area contributed by atoms with Crippen LogP contribution in [0.4, 0.5) is 0 Å². The van der Waals surface area contributed by atoms with Gasteiger partial charge in [0.25, 0.3) is 6.29 Å².